The van der Waals surface area contributed by atoms with Crippen LogP contribution in [-0.4, -0.2) is 64.8 Å². The van der Waals surface area contributed by atoms with Gasteiger partial charge in [-0.25, -0.2) is 0 Å². The minimum Gasteiger partial charge on any atom is -0.369 e. The van der Waals surface area contributed by atoms with Crippen LogP contribution in [0.1, 0.15) is 61.0 Å². The second-order valence-corrected chi connectivity index (χ2v) is 7.76. The lowest BCUT2D eigenvalue weighted by Crippen LogP contribution is -2.57. The summed E-state index contributed by atoms with van der Waals surface area (Å²) in [5.74, 6) is 0.0701. The van der Waals surface area contributed by atoms with E-state index in [1.54, 1.807) is 4.68 Å². The average molecular weight is 334 g/mol. The van der Waals surface area contributed by atoms with Crippen LogP contribution in [0.4, 0.5) is 0 Å². The first kappa shape index (κ1) is 17.4. The van der Waals surface area contributed by atoms with E-state index in [-0.39, 0.29) is 23.7 Å². The highest BCUT2D eigenvalue weighted by Gasteiger charge is 2.41. The number of carbonyl (C=O) groups is 1. The van der Waals surface area contributed by atoms with E-state index in [9.17, 15) is 4.79 Å². The van der Waals surface area contributed by atoms with Crippen LogP contribution >= 0.6 is 0 Å². The Morgan fingerprint density at radius 2 is 2.00 bits per heavy atom. The van der Waals surface area contributed by atoms with Gasteiger partial charge in [0.25, 0.3) is 5.91 Å². The number of nitrogens with zero attached hydrogens (tertiary/aromatic N) is 4. The molecule has 0 aromatic carbocycles. The van der Waals surface area contributed by atoms with Crippen LogP contribution in [0.2, 0.25) is 0 Å². The monoisotopic (exact) mass is 334 g/mol. The molecular weight excluding hydrogens is 304 g/mol. The molecule has 0 saturated heterocycles. The summed E-state index contributed by atoms with van der Waals surface area (Å²) in [6.45, 7) is 4.83. The molecule has 0 spiro atoms. The van der Waals surface area contributed by atoms with Gasteiger partial charge in [0.1, 0.15) is 5.69 Å². The summed E-state index contributed by atoms with van der Waals surface area (Å²) in [5.41, 5.74) is 2.83. The first-order valence-electron chi connectivity index (χ1n) is 8.89. The van der Waals surface area contributed by atoms with Crippen LogP contribution in [0.15, 0.2) is 0 Å². The van der Waals surface area contributed by atoms with Crippen LogP contribution in [0, 0.1) is 0 Å². The van der Waals surface area contributed by atoms with Gasteiger partial charge < -0.3 is 14.5 Å². The maximum absolute atomic E-state index is 13.2. The summed E-state index contributed by atoms with van der Waals surface area (Å²) in [7, 11) is 8.01. The van der Waals surface area contributed by atoms with Gasteiger partial charge in [0.15, 0.2) is 0 Å². The fourth-order valence-corrected chi connectivity index (χ4v) is 4.16. The third-order valence-corrected chi connectivity index (χ3v) is 5.80. The van der Waals surface area contributed by atoms with Crippen LogP contribution < -0.4 is 0 Å². The van der Waals surface area contributed by atoms with Gasteiger partial charge in [-0.1, -0.05) is 0 Å². The fourth-order valence-electron chi connectivity index (χ4n) is 4.16. The van der Waals surface area contributed by atoms with Gasteiger partial charge in [-0.2, -0.15) is 5.10 Å². The molecule has 0 N–H and O–H groups in total. The molecule has 3 rings (SSSR count). The summed E-state index contributed by atoms with van der Waals surface area (Å²) in [5, 5.41) is 4.57. The molecular formula is C18H30N4O2. The quantitative estimate of drug-likeness (QED) is 0.845. The number of carbonyl (C=O) groups excluding carboxylic acids is 1. The minimum absolute atomic E-state index is 0.0541. The Balaban J connectivity index is 1.85. The number of aryl methyl sites for hydroxylation is 1. The number of amides is 1. The van der Waals surface area contributed by atoms with E-state index in [0.29, 0.717) is 0 Å². The van der Waals surface area contributed by atoms with Crippen LogP contribution in [-0.2, 0) is 18.2 Å². The first-order valence-corrected chi connectivity index (χ1v) is 8.89. The molecule has 2 atom stereocenters. The third kappa shape index (κ3) is 2.75. The van der Waals surface area contributed by atoms with Crippen LogP contribution in [0.3, 0.4) is 0 Å². The van der Waals surface area contributed by atoms with Crippen molar-refractivity contribution in [2.24, 2.45) is 7.05 Å². The Morgan fingerprint density at radius 1 is 1.33 bits per heavy atom. The number of fused-ring (bicyclic) bond motifs is 1. The van der Waals surface area contributed by atoms with Crippen LogP contribution in [0.25, 0.3) is 0 Å². The largest absolute Gasteiger partial charge is 0.369 e. The molecule has 2 aliphatic rings. The molecule has 2 heterocycles. The zero-order chi connectivity index (χ0) is 17.6. The zero-order valence-electron chi connectivity index (χ0n) is 15.8. The van der Waals surface area contributed by atoms with Crippen molar-refractivity contribution < 1.29 is 9.53 Å². The van der Waals surface area contributed by atoms with Gasteiger partial charge in [-0.3, -0.25) is 9.48 Å². The lowest BCUT2D eigenvalue weighted by atomic mass is 9.75. The van der Waals surface area contributed by atoms with Gasteiger partial charge in [-0.15, -0.1) is 0 Å². The van der Waals surface area contributed by atoms with Gasteiger partial charge in [-0.05, 0) is 47.2 Å². The van der Waals surface area contributed by atoms with Crippen molar-refractivity contribution in [2.45, 2.75) is 57.3 Å². The number of ether oxygens (including phenoxy) is 1. The predicted molar refractivity (Wildman–Crippen MR) is 93.1 cm³/mol. The van der Waals surface area contributed by atoms with Crippen molar-refractivity contribution in [1.82, 2.24) is 19.6 Å². The Morgan fingerprint density at radius 3 is 2.54 bits per heavy atom. The first-order chi connectivity index (χ1) is 11.2. The highest BCUT2D eigenvalue weighted by atomic mass is 16.5. The summed E-state index contributed by atoms with van der Waals surface area (Å²) < 4.78 is 7.59. The number of likely N-dealkylation sites (N-methyl/N-ethyl adjacent to an activating group) is 2. The van der Waals surface area contributed by atoms with E-state index < -0.39 is 0 Å². The highest BCUT2D eigenvalue weighted by molar-refractivity contribution is 5.94. The van der Waals surface area contributed by atoms with Crippen molar-refractivity contribution >= 4 is 5.91 Å². The maximum Gasteiger partial charge on any atom is 0.272 e. The van der Waals surface area contributed by atoms with E-state index in [4.69, 9.17) is 4.74 Å². The van der Waals surface area contributed by atoms with Crippen molar-refractivity contribution in [3.63, 3.8) is 0 Å². The van der Waals surface area contributed by atoms with E-state index in [1.807, 2.05) is 25.9 Å². The molecule has 1 aromatic rings. The number of hydrogen-bond donors (Lipinski definition) is 0. The summed E-state index contributed by atoms with van der Waals surface area (Å²) in [6, 6.07) is 0. The molecule has 1 fully saturated rings. The second kappa shape index (κ2) is 6.15. The summed E-state index contributed by atoms with van der Waals surface area (Å²) in [6.07, 6.45) is 4.37. The zero-order valence-corrected chi connectivity index (χ0v) is 15.8. The molecule has 1 aliphatic carbocycles. The SMILES string of the molecule is C[C@@H]1Cc2c(nn(C)c2C(=O)N(C)CC2(N(C)C)CCC2)[C@H](C)O1. The summed E-state index contributed by atoms with van der Waals surface area (Å²) >= 11 is 0. The Bertz CT molecular complexity index is 633. The fraction of sp³-hybridized carbons (Fsp3) is 0.778. The Kier molecular flexibility index (Phi) is 4.47. The second-order valence-electron chi connectivity index (χ2n) is 7.76. The lowest BCUT2D eigenvalue weighted by molar-refractivity contribution is -0.00720. The van der Waals surface area contributed by atoms with Gasteiger partial charge in [0.2, 0.25) is 0 Å². The van der Waals surface area contributed by atoms with Crippen molar-refractivity contribution in [2.75, 3.05) is 27.7 Å². The number of rotatable bonds is 4. The number of aromatic nitrogens is 2. The molecule has 134 valence electrons. The molecule has 1 aliphatic heterocycles. The van der Waals surface area contributed by atoms with Crippen LogP contribution in [0.5, 0.6) is 0 Å². The normalized spacial score (nSPS) is 25.3. The molecule has 1 aromatic heterocycles. The average Bonchev–Trinajstić information content (AvgIpc) is 2.78. The van der Waals surface area contributed by atoms with E-state index >= 15 is 0 Å². The molecule has 1 saturated carbocycles. The van der Waals surface area contributed by atoms with Crippen molar-refractivity contribution in [3.05, 3.63) is 17.0 Å². The summed E-state index contributed by atoms with van der Waals surface area (Å²) in [4.78, 5) is 17.3. The van der Waals surface area contributed by atoms with Crippen molar-refractivity contribution in [3.8, 4) is 0 Å². The predicted octanol–water partition coefficient (Wildman–Crippen LogP) is 2.00. The maximum atomic E-state index is 13.2. The van der Waals surface area contributed by atoms with Gasteiger partial charge in [0, 0.05) is 38.2 Å². The Hall–Kier alpha value is -1.40. The molecule has 0 radical (unpaired) electrons. The van der Waals surface area contributed by atoms with E-state index in [0.717, 1.165) is 42.8 Å². The van der Waals surface area contributed by atoms with Gasteiger partial charge >= 0.3 is 0 Å². The van der Waals surface area contributed by atoms with E-state index in [2.05, 4.69) is 31.0 Å². The Labute approximate surface area is 144 Å². The molecule has 24 heavy (non-hydrogen) atoms. The smallest absolute Gasteiger partial charge is 0.272 e. The molecule has 6 heteroatoms. The minimum atomic E-state index is -0.0541. The highest BCUT2D eigenvalue weighted by Crippen LogP contribution is 2.37. The van der Waals surface area contributed by atoms with Gasteiger partial charge in [0.05, 0.1) is 17.9 Å². The molecule has 1 amide bonds. The standard InChI is InChI=1S/C18H30N4O2/c1-12-10-14-15(13(2)24-12)19-22(6)16(14)17(23)21(5)11-18(20(3)4)8-7-9-18/h12-13H,7-11H2,1-6H3/t12-,13+/m1/s1. The number of hydrogen-bond acceptors (Lipinski definition) is 4. The van der Waals surface area contributed by atoms with E-state index in [1.165, 1.54) is 6.42 Å². The topological polar surface area (TPSA) is 50.6 Å². The molecule has 0 unspecified atom stereocenters. The molecule has 0 bridgehead atoms. The van der Waals surface area contributed by atoms with Crippen molar-refractivity contribution in [1.29, 1.82) is 0 Å². The molecule has 6 nitrogen and oxygen atoms in total. The third-order valence-electron chi connectivity index (χ3n) is 5.80. The lowest BCUT2D eigenvalue weighted by Gasteiger charge is -2.49.